The van der Waals surface area contributed by atoms with Crippen molar-refractivity contribution < 1.29 is 9.47 Å². The van der Waals surface area contributed by atoms with E-state index in [0.717, 1.165) is 45.4 Å². The number of benzene rings is 2. The smallest absolute Gasteiger partial charge is 0.124 e. The minimum Gasteiger partial charge on any atom is -0.497 e. The molecule has 4 aromatic rings. The SMILES string of the molecule is COc1ccc(-c2nc(C(S)c3ccncc3)[nH]c2-c2ccc(OC)cc2)cc1. The lowest BCUT2D eigenvalue weighted by molar-refractivity contribution is 0.414. The van der Waals surface area contributed by atoms with E-state index in [1.807, 2.05) is 60.7 Å². The number of H-pyrrole nitrogens is 1. The quantitative estimate of drug-likeness (QED) is 0.436. The lowest BCUT2D eigenvalue weighted by atomic mass is 10.0. The largest absolute Gasteiger partial charge is 0.497 e. The second-order valence-corrected chi connectivity index (χ2v) is 7.00. The Kier molecular flexibility index (Phi) is 5.53. The summed E-state index contributed by atoms with van der Waals surface area (Å²) in [5, 5.41) is -0.193. The van der Waals surface area contributed by atoms with Gasteiger partial charge >= 0.3 is 0 Å². The fraction of sp³-hybridized carbons (Fsp3) is 0.130. The van der Waals surface area contributed by atoms with Gasteiger partial charge in [-0.3, -0.25) is 4.98 Å². The molecule has 4 rings (SSSR count). The Hall–Kier alpha value is -3.25. The molecule has 0 saturated carbocycles. The number of nitrogens with one attached hydrogen (secondary N) is 1. The molecule has 0 aliphatic rings. The molecule has 0 spiro atoms. The molecule has 1 atom stereocenters. The first-order chi connectivity index (χ1) is 14.2. The van der Waals surface area contributed by atoms with E-state index in [1.54, 1.807) is 26.6 Å². The second kappa shape index (κ2) is 8.41. The van der Waals surface area contributed by atoms with E-state index in [0.29, 0.717) is 0 Å². The molecule has 1 unspecified atom stereocenters. The van der Waals surface area contributed by atoms with E-state index >= 15 is 0 Å². The summed E-state index contributed by atoms with van der Waals surface area (Å²) in [4.78, 5) is 12.5. The summed E-state index contributed by atoms with van der Waals surface area (Å²) in [6.07, 6.45) is 3.52. The van der Waals surface area contributed by atoms with Crippen LogP contribution in [0.5, 0.6) is 11.5 Å². The van der Waals surface area contributed by atoms with Crippen LogP contribution in [-0.2, 0) is 0 Å². The van der Waals surface area contributed by atoms with Crippen LogP contribution in [0, 0.1) is 0 Å². The third-order valence-electron chi connectivity index (χ3n) is 4.75. The number of aromatic amines is 1. The number of thiol groups is 1. The monoisotopic (exact) mass is 403 g/mol. The van der Waals surface area contributed by atoms with Crippen molar-refractivity contribution in [2.75, 3.05) is 14.2 Å². The van der Waals surface area contributed by atoms with Crippen molar-refractivity contribution in [3.63, 3.8) is 0 Å². The lowest BCUT2D eigenvalue weighted by Crippen LogP contribution is -1.96. The van der Waals surface area contributed by atoms with E-state index < -0.39 is 0 Å². The minimum atomic E-state index is -0.193. The maximum absolute atomic E-state index is 5.29. The maximum atomic E-state index is 5.29. The molecule has 2 aromatic carbocycles. The van der Waals surface area contributed by atoms with Crippen LogP contribution in [0.4, 0.5) is 0 Å². The molecule has 2 aromatic heterocycles. The molecule has 1 N–H and O–H groups in total. The molecule has 2 heterocycles. The van der Waals surface area contributed by atoms with Crippen LogP contribution in [0.2, 0.25) is 0 Å². The number of methoxy groups -OCH3 is 2. The van der Waals surface area contributed by atoms with Crippen molar-refractivity contribution in [2.45, 2.75) is 5.25 Å². The molecular weight excluding hydrogens is 382 g/mol. The van der Waals surface area contributed by atoms with E-state index in [9.17, 15) is 0 Å². The predicted octanol–water partition coefficient (Wildman–Crippen LogP) is 5.18. The maximum Gasteiger partial charge on any atom is 0.124 e. The molecule has 0 fully saturated rings. The van der Waals surface area contributed by atoms with Crippen molar-refractivity contribution in [2.24, 2.45) is 0 Å². The van der Waals surface area contributed by atoms with Gasteiger partial charge in [-0.05, 0) is 66.2 Å². The summed E-state index contributed by atoms with van der Waals surface area (Å²) >= 11 is 4.80. The fourth-order valence-electron chi connectivity index (χ4n) is 3.15. The Morgan fingerprint density at radius 1 is 0.793 bits per heavy atom. The Bertz CT molecular complexity index is 1010. The second-order valence-electron chi connectivity index (χ2n) is 6.49. The molecule has 0 aliphatic carbocycles. The summed E-state index contributed by atoms with van der Waals surface area (Å²) < 4.78 is 10.6. The van der Waals surface area contributed by atoms with Crippen molar-refractivity contribution in [3.05, 3.63) is 84.4 Å². The van der Waals surface area contributed by atoms with Gasteiger partial charge < -0.3 is 14.5 Å². The van der Waals surface area contributed by atoms with Gasteiger partial charge in [0.05, 0.1) is 30.9 Å². The Morgan fingerprint density at radius 3 is 1.90 bits per heavy atom. The van der Waals surface area contributed by atoms with Gasteiger partial charge in [0.2, 0.25) is 0 Å². The van der Waals surface area contributed by atoms with Crippen molar-refractivity contribution in [1.82, 2.24) is 15.0 Å². The zero-order valence-corrected chi connectivity index (χ0v) is 17.1. The molecule has 29 heavy (non-hydrogen) atoms. The first kappa shape index (κ1) is 19.1. The zero-order chi connectivity index (χ0) is 20.2. The normalized spacial score (nSPS) is 11.8. The van der Waals surface area contributed by atoms with Crippen LogP contribution in [0.1, 0.15) is 16.6 Å². The molecule has 6 heteroatoms. The third kappa shape index (κ3) is 3.98. The highest BCUT2D eigenvalue weighted by atomic mass is 32.1. The Morgan fingerprint density at radius 2 is 1.34 bits per heavy atom. The number of rotatable bonds is 6. The number of nitrogens with zero attached hydrogens (tertiary/aromatic N) is 2. The van der Waals surface area contributed by atoms with E-state index in [4.69, 9.17) is 27.1 Å². The highest BCUT2D eigenvalue weighted by Gasteiger charge is 2.19. The number of hydrogen-bond donors (Lipinski definition) is 2. The highest BCUT2D eigenvalue weighted by molar-refractivity contribution is 7.80. The average molecular weight is 404 g/mol. The summed E-state index contributed by atoms with van der Waals surface area (Å²) in [7, 11) is 3.32. The number of pyridine rings is 1. The summed E-state index contributed by atoms with van der Waals surface area (Å²) in [5.41, 5.74) is 4.83. The van der Waals surface area contributed by atoms with E-state index in [1.165, 1.54) is 0 Å². The highest BCUT2D eigenvalue weighted by Crippen LogP contribution is 2.35. The van der Waals surface area contributed by atoms with E-state index in [-0.39, 0.29) is 5.25 Å². The first-order valence-corrected chi connectivity index (χ1v) is 9.68. The van der Waals surface area contributed by atoms with Gasteiger partial charge in [-0.2, -0.15) is 12.6 Å². The molecule has 0 amide bonds. The van der Waals surface area contributed by atoms with Crippen LogP contribution in [0.25, 0.3) is 22.5 Å². The van der Waals surface area contributed by atoms with Crippen molar-refractivity contribution in [1.29, 1.82) is 0 Å². The van der Waals surface area contributed by atoms with Crippen LogP contribution in [0.15, 0.2) is 73.1 Å². The van der Waals surface area contributed by atoms with Crippen molar-refractivity contribution in [3.8, 4) is 34.0 Å². The Balaban J connectivity index is 1.81. The van der Waals surface area contributed by atoms with Gasteiger partial charge in [-0.15, -0.1) is 0 Å². The lowest BCUT2D eigenvalue weighted by Gasteiger charge is -2.07. The summed E-state index contributed by atoms with van der Waals surface area (Å²) in [6, 6.07) is 19.7. The topological polar surface area (TPSA) is 60.0 Å². The molecule has 0 saturated heterocycles. The average Bonchev–Trinajstić information content (AvgIpc) is 3.24. The summed E-state index contributed by atoms with van der Waals surface area (Å²) in [6.45, 7) is 0. The van der Waals surface area contributed by atoms with Gasteiger partial charge in [-0.1, -0.05) is 0 Å². The number of hydrogen-bond acceptors (Lipinski definition) is 5. The van der Waals surface area contributed by atoms with Gasteiger partial charge in [-0.25, -0.2) is 4.98 Å². The number of imidazole rings is 1. The summed E-state index contributed by atoms with van der Waals surface area (Å²) in [5.74, 6) is 2.39. The predicted molar refractivity (Wildman–Crippen MR) is 118 cm³/mol. The molecule has 146 valence electrons. The van der Waals surface area contributed by atoms with Crippen LogP contribution < -0.4 is 9.47 Å². The van der Waals surface area contributed by atoms with Gasteiger partial charge in [0.15, 0.2) is 0 Å². The van der Waals surface area contributed by atoms with E-state index in [2.05, 4.69) is 9.97 Å². The molecule has 0 bridgehead atoms. The van der Waals surface area contributed by atoms with Gasteiger partial charge in [0.25, 0.3) is 0 Å². The van der Waals surface area contributed by atoms with Gasteiger partial charge in [0.1, 0.15) is 17.3 Å². The molecule has 0 radical (unpaired) electrons. The number of aromatic nitrogens is 3. The Labute approximate surface area is 175 Å². The minimum absolute atomic E-state index is 0.193. The zero-order valence-electron chi connectivity index (χ0n) is 16.2. The third-order valence-corrected chi connectivity index (χ3v) is 5.29. The standard InChI is InChI=1S/C23H21N3O2S/c1-27-18-7-3-15(4-8-18)20-21(16-5-9-19(28-2)10-6-16)26-23(25-20)22(29)17-11-13-24-14-12-17/h3-14,22,29H,1-2H3,(H,25,26). The first-order valence-electron chi connectivity index (χ1n) is 9.16. The van der Waals surface area contributed by atoms with Crippen LogP contribution in [-0.4, -0.2) is 29.2 Å². The van der Waals surface area contributed by atoms with Gasteiger partial charge in [0, 0.05) is 23.5 Å². The molecule has 5 nitrogen and oxygen atoms in total. The van der Waals surface area contributed by atoms with Crippen LogP contribution in [0.3, 0.4) is 0 Å². The van der Waals surface area contributed by atoms with Crippen molar-refractivity contribution >= 4 is 12.6 Å². The molecular formula is C23H21N3O2S. The number of ether oxygens (including phenoxy) is 2. The fourth-order valence-corrected chi connectivity index (χ4v) is 3.44. The molecule has 0 aliphatic heterocycles. The van der Waals surface area contributed by atoms with Crippen LogP contribution >= 0.6 is 12.6 Å².